The second kappa shape index (κ2) is 12.2. The minimum atomic E-state index is 0.529. The van der Waals surface area contributed by atoms with Crippen molar-refractivity contribution in [3.8, 4) is 0 Å². The summed E-state index contributed by atoms with van der Waals surface area (Å²) in [7, 11) is 0. The Kier molecular flexibility index (Phi) is 10.7. The van der Waals surface area contributed by atoms with Crippen LogP contribution in [0.4, 0.5) is 0 Å². The molecule has 0 saturated carbocycles. The zero-order valence-corrected chi connectivity index (χ0v) is 13.7. The van der Waals surface area contributed by atoms with Gasteiger partial charge in [-0.3, -0.25) is 0 Å². The standard InChI is InChI=1S/C19H34O/c1-3-5-7-8-9-10-11-12-13-15-17-19-18(20-19)16-14-6-4-2/h10-11,13,15,18-19H,3-9,12,14,16-17H2,1-2H3/b11-10-,15-13-/t18-,19+/m0/s1. The summed E-state index contributed by atoms with van der Waals surface area (Å²) in [6, 6.07) is 0. The predicted molar refractivity (Wildman–Crippen MR) is 89.1 cm³/mol. The summed E-state index contributed by atoms with van der Waals surface area (Å²) in [5, 5.41) is 0. The highest BCUT2D eigenvalue weighted by Crippen LogP contribution is 2.30. The number of allylic oxidation sites excluding steroid dienone is 3. The van der Waals surface area contributed by atoms with Crippen molar-refractivity contribution in [2.24, 2.45) is 0 Å². The van der Waals surface area contributed by atoms with E-state index in [0.717, 1.165) is 12.8 Å². The summed E-state index contributed by atoms with van der Waals surface area (Å²) in [5.41, 5.74) is 0. The molecule has 2 atom stereocenters. The van der Waals surface area contributed by atoms with Crippen LogP contribution in [0.5, 0.6) is 0 Å². The van der Waals surface area contributed by atoms with Crippen molar-refractivity contribution < 1.29 is 4.74 Å². The Bertz CT molecular complexity index is 267. The molecule has 0 aliphatic carbocycles. The third-order valence-corrected chi connectivity index (χ3v) is 3.98. The van der Waals surface area contributed by atoms with E-state index < -0.39 is 0 Å². The average Bonchev–Trinajstić information content (AvgIpc) is 3.20. The Morgan fingerprint density at radius 3 is 2.30 bits per heavy atom. The fraction of sp³-hybridized carbons (Fsp3) is 0.789. The monoisotopic (exact) mass is 278 g/mol. The molecular formula is C19H34O. The van der Waals surface area contributed by atoms with Gasteiger partial charge in [-0.25, -0.2) is 0 Å². The van der Waals surface area contributed by atoms with Crippen LogP contribution < -0.4 is 0 Å². The van der Waals surface area contributed by atoms with Crippen LogP contribution in [-0.2, 0) is 4.74 Å². The van der Waals surface area contributed by atoms with Crippen molar-refractivity contribution >= 4 is 0 Å². The molecule has 1 aliphatic rings. The van der Waals surface area contributed by atoms with Crippen LogP contribution in [0.1, 0.15) is 84.5 Å². The molecule has 0 spiro atoms. The van der Waals surface area contributed by atoms with Crippen LogP contribution in [-0.4, -0.2) is 12.2 Å². The van der Waals surface area contributed by atoms with E-state index in [1.165, 1.54) is 57.8 Å². The highest BCUT2D eigenvalue weighted by Gasteiger charge is 2.36. The van der Waals surface area contributed by atoms with Crippen LogP contribution in [0.2, 0.25) is 0 Å². The molecular weight excluding hydrogens is 244 g/mol. The van der Waals surface area contributed by atoms with Gasteiger partial charge in [0.25, 0.3) is 0 Å². The summed E-state index contributed by atoms with van der Waals surface area (Å²) in [4.78, 5) is 0. The number of epoxide rings is 1. The first-order chi connectivity index (χ1) is 9.88. The highest BCUT2D eigenvalue weighted by molar-refractivity contribution is 4.97. The van der Waals surface area contributed by atoms with Gasteiger partial charge in [0.1, 0.15) is 0 Å². The molecule has 0 aromatic carbocycles. The average molecular weight is 278 g/mol. The van der Waals surface area contributed by atoms with Gasteiger partial charge in [0.15, 0.2) is 0 Å². The molecule has 1 aliphatic heterocycles. The van der Waals surface area contributed by atoms with Crippen molar-refractivity contribution in [1.82, 2.24) is 0 Å². The lowest BCUT2D eigenvalue weighted by molar-refractivity contribution is 0.359. The molecule has 1 nitrogen and oxygen atoms in total. The Labute approximate surface area is 126 Å². The van der Waals surface area contributed by atoms with Crippen molar-refractivity contribution in [1.29, 1.82) is 0 Å². The first-order valence-corrected chi connectivity index (χ1v) is 8.84. The number of hydrogen-bond acceptors (Lipinski definition) is 1. The maximum atomic E-state index is 5.68. The zero-order chi connectivity index (χ0) is 14.5. The van der Waals surface area contributed by atoms with Gasteiger partial charge in [0.05, 0.1) is 12.2 Å². The molecule has 1 rings (SSSR count). The SMILES string of the molecule is CCCCCC/C=C\C/C=C\C[C@H]1O[C@H]1CCCCC. The van der Waals surface area contributed by atoms with Gasteiger partial charge in [-0.2, -0.15) is 0 Å². The van der Waals surface area contributed by atoms with E-state index in [9.17, 15) is 0 Å². The predicted octanol–water partition coefficient (Wildman–Crippen LogP) is 6.20. The van der Waals surface area contributed by atoms with Crippen LogP contribution in [0.25, 0.3) is 0 Å². The number of ether oxygens (including phenoxy) is 1. The lowest BCUT2D eigenvalue weighted by atomic mass is 10.1. The van der Waals surface area contributed by atoms with Gasteiger partial charge >= 0.3 is 0 Å². The van der Waals surface area contributed by atoms with E-state index in [0.29, 0.717) is 12.2 Å². The molecule has 0 aromatic rings. The fourth-order valence-corrected chi connectivity index (χ4v) is 2.54. The molecule has 20 heavy (non-hydrogen) atoms. The molecule has 0 unspecified atom stereocenters. The zero-order valence-electron chi connectivity index (χ0n) is 13.7. The first-order valence-electron chi connectivity index (χ1n) is 8.84. The molecule has 0 amide bonds. The first kappa shape index (κ1) is 17.5. The van der Waals surface area contributed by atoms with Gasteiger partial charge in [-0.05, 0) is 32.1 Å². The molecule has 1 fully saturated rings. The molecule has 0 radical (unpaired) electrons. The molecule has 116 valence electrons. The highest BCUT2D eigenvalue weighted by atomic mass is 16.6. The summed E-state index contributed by atoms with van der Waals surface area (Å²) in [6.45, 7) is 4.52. The van der Waals surface area contributed by atoms with Gasteiger partial charge in [-0.15, -0.1) is 0 Å². The van der Waals surface area contributed by atoms with E-state index in [4.69, 9.17) is 4.74 Å². The minimum Gasteiger partial charge on any atom is -0.369 e. The van der Waals surface area contributed by atoms with Gasteiger partial charge in [0, 0.05) is 0 Å². The second-order valence-corrected chi connectivity index (χ2v) is 5.97. The largest absolute Gasteiger partial charge is 0.369 e. The van der Waals surface area contributed by atoms with Crippen molar-refractivity contribution in [3.63, 3.8) is 0 Å². The third kappa shape index (κ3) is 9.36. The second-order valence-electron chi connectivity index (χ2n) is 5.97. The summed E-state index contributed by atoms with van der Waals surface area (Å²) in [6.07, 6.45) is 24.5. The maximum absolute atomic E-state index is 5.68. The lowest BCUT2D eigenvalue weighted by Gasteiger charge is -1.94. The van der Waals surface area contributed by atoms with Crippen LogP contribution in [0, 0.1) is 0 Å². The van der Waals surface area contributed by atoms with E-state index in [1.54, 1.807) is 0 Å². The number of rotatable bonds is 13. The van der Waals surface area contributed by atoms with Gasteiger partial charge in [-0.1, -0.05) is 76.7 Å². The normalized spacial score (nSPS) is 22.1. The lowest BCUT2D eigenvalue weighted by Crippen LogP contribution is -1.92. The maximum Gasteiger partial charge on any atom is 0.0876 e. The van der Waals surface area contributed by atoms with Crippen LogP contribution in [0.3, 0.4) is 0 Å². The Morgan fingerprint density at radius 2 is 1.50 bits per heavy atom. The van der Waals surface area contributed by atoms with Crippen LogP contribution >= 0.6 is 0 Å². The molecule has 1 heterocycles. The quantitative estimate of drug-likeness (QED) is 0.222. The molecule has 0 N–H and O–H groups in total. The third-order valence-electron chi connectivity index (χ3n) is 3.98. The van der Waals surface area contributed by atoms with E-state index >= 15 is 0 Å². The topological polar surface area (TPSA) is 12.5 Å². The molecule has 1 saturated heterocycles. The Hall–Kier alpha value is -0.560. The number of unbranched alkanes of at least 4 members (excludes halogenated alkanes) is 6. The number of hydrogen-bond donors (Lipinski definition) is 0. The van der Waals surface area contributed by atoms with Crippen molar-refractivity contribution in [2.45, 2.75) is 96.7 Å². The minimum absolute atomic E-state index is 0.529. The molecule has 0 bridgehead atoms. The Balaban J connectivity index is 1.87. The van der Waals surface area contributed by atoms with E-state index in [2.05, 4.69) is 38.2 Å². The van der Waals surface area contributed by atoms with E-state index in [1.807, 2.05) is 0 Å². The van der Waals surface area contributed by atoms with Gasteiger partial charge in [0.2, 0.25) is 0 Å². The van der Waals surface area contributed by atoms with Crippen LogP contribution in [0.15, 0.2) is 24.3 Å². The summed E-state index contributed by atoms with van der Waals surface area (Å²) < 4.78 is 5.68. The smallest absolute Gasteiger partial charge is 0.0876 e. The summed E-state index contributed by atoms with van der Waals surface area (Å²) in [5.74, 6) is 0. The van der Waals surface area contributed by atoms with E-state index in [-0.39, 0.29) is 0 Å². The fourth-order valence-electron chi connectivity index (χ4n) is 2.54. The van der Waals surface area contributed by atoms with Gasteiger partial charge < -0.3 is 4.74 Å². The van der Waals surface area contributed by atoms with Crippen molar-refractivity contribution in [3.05, 3.63) is 24.3 Å². The molecule has 0 aromatic heterocycles. The Morgan fingerprint density at radius 1 is 0.750 bits per heavy atom. The summed E-state index contributed by atoms with van der Waals surface area (Å²) >= 11 is 0. The van der Waals surface area contributed by atoms with Crippen molar-refractivity contribution in [2.75, 3.05) is 0 Å². The molecule has 1 heteroatoms.